The summed E-state index contributed by atoms with van der Waals surface area (Å²) in [6.07, 6.45) is 3.45. The molecule has 3 heterocycles. The highest BCUT2D eigenvalue weighted by atomic mass is 32.1. The lowest BCUT2D eigenvalue weighted by molar-refractivity contribution is 0.171. The van der Waals surface area contributed by atoms with Crippen molar-refractivity contribution in [1.29, 1.82) is 0 Å². The average Bonchev–Trinajstić information content (AvgIpc) is 2.97. The van der Waals surface area contributed by atoms with E-state index in [1.54, 1.807) is 12.4 Å². The molecule has 22 heavy (non-hydrogen) atoms. The van der Waals surface area contributed by atoms with Crippen molar-refractivity contribution in [2.75, 3.05) is 13.2 Å². The Kier molecular flexibility index (Phi) is 3.12. The molecule has 7 heteroatoms. The number of H-pyrrole nitrogens is 1. The summed E-state index contributed by atoms with van der Waals surface area (Å²) in [4.78, 5) is 4.03. The van der Waals surface area contributed by atoms with Gasteiger partial charge in [0.25, 0.3) is 0 Å². The Morgan fingerprint density at radius 1 is 1.05 bits per heavy atom. The molecule has 0 saturated heterocycles. The number of ether oxygens (including phenoxy) is 2. The molecule has 0 radical (unpaired) electrons. The van der Waals surface area contributed by atoms with Gasteiger partial charge in [-0.15, -0.1) is 0 Å². The molecule has 6 nitrogen and oxygen atoms in total. The molecule has 1 aliphatic heterocycles. The molecule has 1 aromatic carbocycles. The Hall–Kier alpha value is -2.67. The van der Waals surface area contributed by atoms with Crippen molar-refractivity contribution in [3.05, 3.63) is 47.5 Å². The lowest BCUT2D eigenvalue weighted by Crippen LogP contribution is -2.15. The predicted octanol–water partition coefficient (Wildman–Crippen LogP) is 2.76. The van der Waals surface area contributed by atoms with E-state index in [1.807, 2.05) is 34.9 Å². The molecule has 1 N–H and O–H groups in total. The first-order valence-corrected chi connectivity index (χ1v) is 7.21. The number of hydrogen-bond donors (Lipinski definition) is 1. The van der Waals surface area contributed by atoms with Gasteiger partial charge in [-0.25, -0.2) is 0 Å². The quantitative estimate of drug-likeness (QED) is 0.737. The summed E-state index contributed by atoms with van der Waals surface area (Å²) in [6.45, 7) is 1.12. The van der Waals surface area contributed by atoms with Crippen LogP contribution in [0.4, 0.5) is 0 Å². The van der Waals surface area contributed by atoms with E-state index < -0.39 is 0 Å². The number of nitrogens with one attached hydrogen (secondary N) is 1. The van der Waals surface area contributed by atoms with Crippen LogP contribution in [-0.4, -0.2) is 33.0 Å². The predicted molar refractivity (Wildman–Crippen MR) is 83.0 cm³/mol. The van der Waals surface area contributed by atoms with Crippen molar-refractivity contribution < 1.29 is 9.47 Å². The Morgan fingerprint density at radius 2 is 1.82 bits per heavy atom. The smallest absolute Gasteiger partial charge is 0.200 e. The van der Waals surface area contributed by atoms with Crippen molar-refractivity contribution in [3.8, 4) is 28.6 Å². The molecule has 0 spiro atoms. The van der Waals surface area contributed by atoms with Gasteiger partial charge >= 0.3 is 0 Å². The van der Waals surface area contributed by atoms with Crippen LogP contribution in [0.15, 0.2) is 42.7 Å². The monoisotopic (exact) mass is 312 g/mol. The largest absolute Gasteiger partial charge is 0.486 e. The zero-order chi connectivity index (χ0) is 14.9. The Balaban J connectivity index is 1.87. The van der Waals surface area contributed by atoms with Crippen LogP contribution in [0.1, 0.15) is 0 Å². The van der Waals surface area contributed by atoms with E-state index >= 15 is 0 Å². The van der Waals surface area contributed by atoms with Crippen LogP contribution in [0.3, 0.4) is 0 Å². The maximum absolute atomic E-state index is 5.63. The third kappa shape index (κ3) is 2.15. The lowest BCUT2D eigenvalue weighted by Gasteiger charge is -2.19. The second-order valence-electron chi connectivity index (χ2n) is 4.75. The minimum Gasteiger partial charge on any atom is -0.486 e. The molecule has 4 rings (SSSR count). The number of aromatic nitrogens is 4. The van der Waals surface area contributed by atoms with Crippen molar-refractivity contribution in [2.45, 2.75) is 0 Å². The Bertz CT molecular complexity index is 873. The maximum atomic E-state index is 5.63. The van der Waals surface area contributed by atoms with Crippen LogP contribution in [0.5, 0.6) is 11.5 Å². The van der Waals surface area contributed by atoms with Gasteiger partial charge in [-0.05, 0) is 36.5 Å². The Morgan fingerprint density at radius 3 is 2.64 bits per heavy atom. The van der Waals surface area contributed by atoms with E-state index in [9.17, 15) is 0 Å². The van der Waals surface area contributed by atoms with Crippen LogP contribution in [0.2, 0.25) is 0 Å². The van der Waals surface area contributed by atoms with Gasteiger partial charge in [0.15, 0.2) is 22.1 Å². The standard InChI is InChI=1S/C15H12N4O2S/c22-15-18-17-14(10-3-5-16-6-4-10)19(15)11-1-2-12-13(9-11)21-8-7-20-12/h1-6,9H,7-8H2,(H,18,22). The molecule has 1 aliphatic rings. The van der Waals surface area contributed by atoms with Gasteiger partial charge in [0.1, 0.15) is 13.2 Å². The van der Waals surface area contributed by atoms with Gasteiger partial charge in [0, 0.05) is 24.0 Å². The minimum atomic E-state index is 0.517. The van der Waals surface area contributed by atoms with Gasteiger partial charge in [-0.3, -0.25) is 14.6 Å². The van der Waals surface area contributed by atoms with Crippen LogP contribution in [0.25, 0.3) is 17.1 Å². The number of nitrogens with zero attached hydrogens (tertiary/aromatic N) is 3. The van der Waals surface area contributed by atoms with Gasteiger partial charge in [0.05, 0.1) is 5.69 Å². The third-order valence-corrected chi connectivity index (χ3v) is 3.67. The first-order chi connectivity index (χ1) is 10.8. The van der Waals surface area contributed by atoms with E-state index in [-0.39, 0.29) is 0 Å². The van der Waals surface area contributed by atoms with Gasteiger partial charge in [-0.2, -0.15) is 5.10 Å². The number of fused-ring (bicyclic) bond motifs is 1. The molecule has 0 fully saturated rings. The molecule has 0 bridgehead atoms. The molecule has 0 amide bonds. The molecule has 0 aliphatic carbocycles. The highest BCUT2D eigenvalue weighted by Crippen LogP contribution is 2.33. The van der Waals surface area contributed by atoms with Crippen molar-refractivity contribution in [1.82, 2.24) is 19.7 Å². The number of rotatable bonds is 2. The van der Waals surface area contributed by atoms with E-state index in [0.29, 0.717) is 23.7 Å². The number of hydrogen-bond acceptors (Lipinski definition) is 5. The van der Waals surface area contributed by atoms with Gasteiger partial charge < -0.3 is 9.47 Å². The fourth-order valence-electron chi connectivity index (χ4n) is 2.40. The normalized spacial score (nSPS) is 13.1. The fourth-order valence-corrected chi connectivity index (χ4v) is 2.64. The summed E-state index contributed by atoms with van der Waals surface area (Å²) < 4.78 is 13.6. The molecule has 0 atom stereocenters. The summed E-state index contributed by atoms with van der Waals surface area (Å²) in [7, 11) is 0. The average molecular weight is 312 g/mol. The number of benzene rings is 1. The second kappa shape index (κ2) is 5.27. The summed E-state index contributed by atoms with van der Waals surface area (Å²) >= 11 is 5.37. The third-order valence-electron chi connectivity index (χ3n) is 3.39. The molecule has 3 aromatic rings. The van der Waals surface area contributed by atoms with Gasteiger partial charge in [0.2, 0.25) is 0 Å². The van der Waals surface area contributed by atoms with Crippen molar-refractivity contribution in [3.63, 3.8) is 0 Å². The fraction of sp³-hybridized carbons (Fsp3) is 0.133. The van der Waals surface area contributed by atoms with E-state index in [2.05, 4.69) is 15.2 Å². The van der Waals surface area contributed by atoms with E-state index in [4.69, 9.17) is 21.7 Å². The maximum Gasteiger partial charge on any atom is 0.200 e. The van der Waals surface area contributed by atoms with Crippen molar-refractivity contribution in [2.24, 2.45) is 0 Å². The molecule has 0 saturated carbocycles. The lowest BCUT2D eigenvalue weighted by atomic mass is 10.2. The highest BCUT2D eigenvalue weighted by Gasteiger charge is 2.15. The van der Waals surface area contributed by atoms with E-state index in [1.165, 1.54) is 0 Å². The number of pyridine rings is 1. The molecule has 2 aromatic heterocycles. The zero-order valence-corrected chi connectivity index (χ0v) is 12.3. The Labute approximate surface area is 131 Å². The SMILES string of the molecule is S=c1[nH]nc(-c2ccncc2)n1-c1ccc2c(c1)OCCO2. The van der Waals surface area contributed by atoms with Crippen LogP contribution >= 0.6 is 12.2 Å². The van der Waals surface area contributed by atoms with Crippen LogP contribution < -0.4 is 9.47 Å². The molecule has 110 valence electrons. The second-order valence-corrected chi connectivity index (χ2v) is 5.14. The van der Waals surface area contributed by atoms with Gasteiger partial charge in [-0.1, -0.05) is 0 Å². The van der Waals surface area contributed by atoms with E-state index in [0.717, 1.165) is 22.8 Å². The topological polar surface area (TPSA) is 65.0 Å². The van der Waals surface area contributed by atoms with Crippen LogP contribution in [0, 0.1) is 4.77 Å². The van der Waals surface area contributed by atoms with Crippen molar-refractivity contribution >= 4 is 12.2 Å². The summed E-state index contributed by atoms with van der Waals surface area (Å²) in [5, 5.41) is 7.16. The minimum absolute atomic E-state index is 0.517. The number of aromatic amines is 1. The highest BCUT2D eigenvalue weighted by molar-refractivity contribution is 7.71. The summed E-state index contributed by atoms with van der Waals surface area (Å²) in [5.41, 5.74) is 1.80. The molecular formula is C15H12N4O2S. The first-order valence-electron chi connectivity index (χ1n) is 6.81. The summed E-state index contributed by atoms with van der Waals surface area (Å²) in [6, 6.07) is 9.50. The zero-order valence-electron chi connectivity index (χ0n) is 11.5. The summed E-state index contributed by atoms with van der Waals surface area (Å²) in [5.74, 6) is 2.19. The molecule has 0 unspecified atom stereocenters. The molecular weight excluding hydrogens is 300 g/mol. The van der Waals surface area contributed by atoms with Crippen LogP contribution in [-0.2, 0) is 0 Å². The first kappa shape index (κ1) is 13.0.